The zero-order valence-corrected chi connectivity index (χ0v) is 13.5. The summed E-state index contributed by atoms with van der Waals surface area (Å²) in [6, 6.07) is 4.06. The van der Waals surface area contributed by atoms with Gasteiger partial charge in [0.1, 0.15) is 5.76 Å². The lowest BCUT2D eigenvalue weighted by Crippen LogP contribution is -2.30. The number of hydrogen-bond donors (Lipinski definition) is 0. The fourth-order valence-electron chi connectivity index (χ4n) is 3.78. The van der Waals surface area contributed by atoms with Gasteiger partial charge in [-0.05, 0) is 50.3 Å². The minimum atomic E-state index is -0.364. The lowest BCUT2D eigenvalue weighted by molar-refractivity contribution is -0.137. The molecule has 0 saturated carbocycles. The Bertz CT molecular complexity index is 679. The number of fused-ring (bicyclic) bond motifs is 1. The SMILES string of the molecule is CC(=O)OC1=C(c2c(C)cc(C)cc2C)C(=O)N2CCCC12. The first-order chi connectivity index (χ1) is 10.4. The van der Waals surface area contributed by atoms with Crippen molar-refractivity contribution in [3.63, 3.8) is 0 Å². The van der Waals surface area contributed by atoms with E-state index in [1.54, 1.807) is 0 Å². The molecule has 0 aromatic heterocycles. The van der Waals surface area contributed by atoms with Crippen LogP contribution in [0.2, 0.25) is 0 Å². The molecule has 0 N–H and O–H groups in total. The first-order valence-corrected chi connectivity index (χ1v) is 7.72. The van der Waals surface area contributed by atoms with Crippen LogP contribution in [0.1, 0.15) is 42.0 Å². The van der Waals surface area contributed by atoms with Gasteiger partial charge in [0.05, 0.1) is 11.6 Å². The molecule has 1 amide bonds. The lowest BCUT2D eigenvalue weighted by atomic mass is 9.92. The van der Waals surface area contributed by atoms with Gasteiger partial charge in [-0.15, -0.1) is 0 Å². The predicted molar refractivity (Wildman–Crippen MR) is 84.1 cm³/mol. The fourth-order valence-corrected chi connectivity index (χ4v) is 3.78. The van der Waals surface area contributed by atoms with E-state index in [2.05, 4.69) is 12.1 Å². The van der Waals surface area contributed by atoms with E-state index in [1.165, 1.54) is 12.5 Å². The van der Waals surface area contributed by atoms with Gasteiger partial charge in [0.2, 0.25) is 0 Å². The van der Waals surface area contributed by atoms with Gasteiger partial charge in [-0.25, -0.2) is 0 Å². The van der Waals surface area contributed by atoms with Crippen molar-refractivity contribution >= 4 is 17.4 Å². The molecule has 1 fully saturated rings. The van der Waals surface area contributed by atoms with E-state index >= 15 is 0 Å². The number of ether oxygens (including phenoxy) is 1. The molecular formula is C18H21NO3. The number of amides is 1. The second-order valence-electron chi connectivity index (χ2n) is 6.26. The summed E-state index contributed by atoms with van der Waals surface area (Å²) in [5.41, 5.74) is 4.76. The molecule has 22 heavy (non-hydrogen) atoms. The Morgan fingerprint density at radius 2 is 1.86 bits per heavy atom. The molecular weight excluding hydrogens is 278 g/mol. The summed E-state index contributed by atoms with van der Waals surface area (Å²) in [6.45, 7) is 8.18. The van der Waals surface area contributed by atoms with E-state index < -0.39 is 0 Å². The Labute approximate surface area is 130 Å². The molecule has 4 heteroatoms. The zero-order valence-electron chi connectivity index (χ0n) is 13.5. The van der Waals surface area contributed by atoms with Crippen LogP contribution in [-0.2, 0) is 14.3 Å². The van der Waals surface area contributed by atoms with E-state index in [0.29, 0.717) is 11.3 Å². The first kappa shape index (κ1) is 14.8. The van der Waals surface area contributed by atoms with Crippen molar-refractivity contribution in [1.29, 1.82) is 0 Å². The monoisotopic (exact) mass is 299 g/mol. The van der Waals surface area contributed by atoms with Crippen molar-refractivity contribution in [1.82, 2.24) is 4.90 Å². The Balaban J connectivity index is 2.20. The first-order valence-electron chi connectivity index (χ1n) is 7.72. The molecule has 0 radical (unpaired) electrons. The minimum absolute atomic E-state index is 0.00574. The smallest absolute Gasteiger partial charge is 0.307 e. The van der Waals surface area contributed by atoms with Gasteiger partial charge >= 0.3 is 5.97 Å². The van der Waals surface area contributed by atoms with E-state index in [0.717, 1.165) is 36.1 Å². The maximum atomic E-state index is 12.8. The zero-order chi connectivity index (χ0) is 16.0. The number of benzene rings is 1. The number of carbonyl (C=O) groups excluding carboxylic acids is 2. The molecule has 1 aromatic rings. The van der Waals surface area contributed by atoms with Gasteiger partial charge in [-0.1, -0.05) is 17.7 Å². The van der Waals surface area contributed by atoms with Crippen LogP contribution >= 0.6 is 0 Å². The third-order valence-corrected chi connectivity index (χ3v) is 4.46. The molecule has 1 aromatic carbocycles. The molecule has 2 aliphatic rings. The molecule has 0 spiro atoms. The van der Waals surface area contributed by atoms with E-state index in [4.69, 9.17) is 4.74 Å². The highest BCUT2D eigenvalue weighted by Crippen LogP contribution is 2.41. The second-order valence-corrected chi connectivity index (χ2v) is 6.26. The largest absolute Gasteiger partial charge is 0.428 e. The highest BCUT2D eigenvalue weighted by molar-refractivity contribution is 6.23. The molecule has 3 rings (SSSR count). The number of rotatable bonds is 2. The van der Waals surface area contributed by atoms with Crippen molar-refractivity contribution in [2.75, 3.05) is 6.54 Å². The fraction of sp³-hybridized carbons (Fsp3) is 0.444. The molecule has 0 bridgehead atoms. The maximum Gasteiger partial charge on any atom is 0.307 e. The van der Waals surface area contributed by atoms with Gasteiger partial charge in [0, 0.05) is 13.5 Å². The lowest BCUT2D eigenvalue weighted by Gasteiger charge is -2.16. The molecule has 116 valence electrons. The number of hydrogen-bond acceptors (Lipinski definition) is 3. The normalized spacial score (nSPS) is 20.6. The van der Waals surface area contributed by atoms with Crippen molar-refractivity contribution in [2.24, 2.45) is 0 Å². The highest BCUT2D eigenvalue weighted by atomic mass is 16.5. The second kappa shape index (κ2) is 5.27. The van der Waals surface area contributed by atoms with Crippen molar-refractivity contribution < 1.29 is 14.3 Å². The van der Waals surface area contributed by atoms with E-state index in [9.17, 15) is 9.59 Å². The van der Waals surface area contributed by atoms with Crippen LogP contribution in [0, 0.1) is 20.8 Å². The Morgan fingerprint density at radius 3 is 2.45 bits per heavy atom. The Morgan fingerprint density at radius 1 is 1.23 bits per heavy atom. The van der Waals surface area contributed by atoms with Crippen LogP contribution < -0.4 is 0 Å². The summed E-state index contributed by atoms with van der Waals surface area (Å²) in [4.78, 5) is 26.2. The van der Waals surface area contributed by atoms with Crippen LogP contribution in [0.4, 0.5) is 0 Å². The van der Waals surface area contributed by atoms with Crippen LogP contribution in [0.5, 0.6) is 0 Å². The third-order valence-electron chi connectivity index (χ3n) is 4.46. The van der Waals surface area contributed by atoms with E-state index in [-0.39, 0.29) is 17.9 Å². The molecule has 1 saturated heterocycles. The van der Waals surface area contributed by atoms with Gasteiger partial charge in [0.15, 0.2) is 0 Å². The summed E-state index contributed by atoms with van der Waals surface area (Å²) in [5, 5.41) is 0. The average Bonchev–Trinajstić information content (AvgIpc) is 2.95. The minimum Gasteiger partial charge on any atom is -0.428 e. The standard InChI is InChI=1S/C18H21NO3/c1-10-8-11(2)15(12(3)9-10)16-17(22-13(4)20)14-6-5-7-19(14)18(16)21/h8-9,14H,5-7H2,1-4H3. The predicted octanol–water partition coefficient (Wildman–Crippen LogP) is 2.89. The average molecular weight is 299 g/mol. The van der Waals surface area contributed by atoms with Crippen molar-refractivity contribution in [3.05, 3.63) is 40.1 Å². The molecule has 1 atom stereocenters. The van der Waals surface area contributed by atoms with Crippen molar-refractivity contribution in [2.45, 2.75) is 46.6 Å². The summed E-state index contributed by atoms with van der Waals surface area (Å²) < 4.78 is 5.48. The molecule has 2 aliphatic heterocycles. The van der Waals surface area contributed by atoms with Gasteiger partial charge in [-0.2, -0.15) is 0 Å². The van der Waals surface area contributed by atoms with E-state index in [1.807, 2.05) is 25.7 Å². The van der Waals surface area contributed by atoms with Gasteiger partial charge in [0.25, 0.3) is 5.91 Å². The number of carbonyl (C=O) groups is 2. The Hall–Kier alpha value is -2.10. The van der Waals surface area contributed by atoms with Gasteiger partial charge < -0.3 is 9.64 Å². The Kier molecular flexibility index (Phi) is 3.55. The number of esters is 1. The number of nitrogens with zero attached hydrogens (tertiary/aromatic N) is 1. The topological polar surface area (TPSA) is 46.6 Å². The quantitative estimate of drug-likeness (QED) is 0.789. The molecule has 0 aliphatic carbocycles. The van der Waals surface area contributed by atoms with Crippen LogP contribution in [0.25, 0.3) is 5.57 Å². The van der Waals surface area contributed by atoms with Crippen LogP contribution in [0.3, 0.4) is 0 Å². The summed E-state index contributed by atoms with van der Waals surface area (Å²) in [6.07, 6.45) is 1.82. The van der Waals surface area contributed by atoms with Crippen molar-refractivity contribution in [3.8, 4) is 0 Å². The summed E-state index contributed by atoms with van der Waals surface area (Å²) in [5.74, 6) is 0.176. The third kappa shape index (κ3) is 2.23. The summed E-state index contributed by atoms with van der Waals surface area (Å²) >= 11 is 0. The maximum absolute atomic E-state index is 12.8. The highest BCUT2D eigenvalue weighted by Gasteiger charge is 2.45. The number of aryl methyl sites for hydroxylation is 3. The molecule has 2 heterocycles. The summed E-state index contributed by atoms with van der Waals surface area (Å²) in [7, 11) is 0. The molecule has 1 unspecified atom stereocenters. The van der Waals surface area contributed by atoms with Gasteiger partial charge in [-0.3, -0.25) is 9.59 Å². The molecule has 4 nitrogen and oxygen atoms in total. The van der Waals surface area contributed by atoms with Crippen LogP contribution in [-0.4, -0.2) is 29.4 Å². The van der Waals surface area contributed by atoms with Crippen LogP contribution in [0.15, 0.2) is 17.9 Å².